The highest BCUT2D eigenvalue weighted by atomic mass is 35.5. The van der Waals surface area contributed by atoms with Gasteiger partial charge in [0, 0.05) is 31.0 Å². The molecule has 9 heteroatoms. The number of pyridine rings is 1. The SMILES string of the molecule is CN(C(=O)CSc1nnc(-c2ccncc2)n1-c1ccc(Cl)c(Cl)c1)C1CCCCC1. The van der Waals surface area contributed by atoms with Crippen molar-refractivity contribution in [3.05, 3.63) is 52.8 Å². The van der Waals surface area contributed by atoms with Gasteiger partial charge < -0.3 is 4.90 Å². The van der Waals surface area contributed by atoms with E-state index in [1.165, 1.54) is 31.0 Å². The van der Waals surface area contributed by atoms with Gasteiger partial charge in [-0.3, -0.25) is 14.3 Å². The number of benzene rings is 1. The van der Waals surface area contributed by atoms with E-state index >= 15 is 0 Å². The van der Waals surface area contributed by atoms with E-state index in [9.17, 15) is 4.79 Å². The molecule has 0 atom stereocenters. The number of halogens is 2. The highest BCUT2D eigenvalue weighted by Crippen LogP contribution is 2.31. The predicted octanol–water partition coefficient (Wildman–Crippen LogP) is 5.52. The highest BCUT2D eigenvalue weighted by Gasteiger charge is 2.23. The van der Waals surface area contributed by atoms with E-state index in [1.807, 2.05) is 34.7 Å². The summed E-state index contributed by atoms with van der Waals surface area (Å²) in [7, 11) is 1.91. The molecule has 0 bridgehead atoms. The topological polar surface area (TPSA) is 63.9 Å². The number of carbonyl (C=O) groups is 1. The van der Waals surface area contributed by atoms with Gasteiger partial charge in [0.1, 0.15) is 0 Å². The third kappa shape index (κ3) is 5.05. The van der Waals surface area contributed by atoms with Gasteiger partial charge in [0.25, 0.3) is 0 Å². The Hall–Kier alpha value is -2.09. The van der Waals surface area contributed by atoms with Gasteiger partial charge in [-0.1, -0.05) is 54.2 Å². The first-order valence-electron chi connectivity index (χ1n) is 10.2. The lowest BCUT2D eigenvalue weighted by Gasteiger charge is -2.31. The average Bonchev–Trinajstić information content (AvgIpc) is 3.24. The van der Waals surface area contributed by atoms with Crippen molar-refractivity contribution in [3.63, 3.8) is 0 Å². The highest BCUT2D eigenvalue weighted by molar-refractivity contribution is 7.99. The number of thioether (sulfide) groups is 1. The maximum atomic E-state index is 12.8. The van der Waals surface area contributed by atoms with Gasteiger partial charge >= 0.3 is 0 Å². The molecule has 0 radical (unpaired) electrons. The lowest BCUT2D eigenvalue weighted by Crippen LogP contribution is -2.39. The van der Waals surface area contributed by atoms with Crippen LogP contribution in [0, 0.1) is 0 Å². The molecule has 0 aliphatic heterocycles. The van der Waals surface area contributed by atoms with Crippen LogP contribution < -0.4 is 0 Å². The minimum Gasteiger partial charge on any atom is -0.342 e. The van der Waals surface area contributed by atoms with Crippen LogP contribution >= 0.6 is 35.0 Å². The smallest absolute Gasteiger partial charge is 0.233 e. The molecule has 162 valence electrons. The van der Waals surface area contributed by atoms with E-state index in [1.54, 1.807) is 24.5 Å². The maximum Gasteiger partial charge on any atom is 0.233 e. The van der Waals surface area contributed by atoms with Crippen LogP contribution in [0.1, 0.15) is 32.1 Å². The van der Waals surface area contributed by atoms with Crippen molar-refractivity contribution in [1.82, 2.24) is 24.6 Å². The molecule has 0 N–H and O–H groups in total. The summed E-state index contributed by atoms with van der Waals surface area (Å²) >= 11 is 13.8. The van der Waals surface area contributed by atoms with Crippen LogP contribution in [0.2, 0.25) is 10.0 Å². The third-order valence-corrected chi connectivity index (χ3v) is 7.23. The van der Waals surface area contributed by atoms with Crippen molar-refractivity contribution in [2.75, 3.05) is 12.8 Å². The second-order valence-corrected chi connectivity index (χ2v) is 9.32. The number of carbonyl (C=O) groups excluding carboxylic acids is 1. The minimum atomic E-state index is 0.103. The van der Waals surface area contributed by atoms with Gasteiger partial charge in [-0.05, 0) is 43.2 Å². The molecule has 2 heterocycles. The van der Waals surface area contributed by atoms with Crippen molar-refractivity contribution in [2.45, 2.75) is 43.3 Å². The van der Waals surface area contributed by atoms with E-state index in [0.29, 0.717) is 32.8 Å². The number of rotatable bonds is 6. The lowest BCUT2D eigenvalue weighted by atomic mass is 9.94. The molecule has 1 aromatic carbocycles. The van der Waals surface area contributed by atoms with Crippen LogP contribution in [0.4, 0.5) is 0 Å². The zero-order valence-corrected chi connectivity index (χ0v) is 19.5. The fourth-order valence-electron chi connectivity index (χ4n) is 3.81. The standard InChI is InChI=1S/C22H23Cl2N5OS/c1-28(16-5-3-2-4-6-16)20(30)14-31-22-27-26-21(15-9-11-25-12-10-15)29(22)17-7-8-18(23)19(24)13-17/h7-13,16H,2-6,14H2,1H3. The van der Waals surface area contributed by atoms with Crippen LogP contribution in [-0.2, 0) is 4.79 Å². The van der Waals surface area contributed by atoms with Crippen molar-refractivity contribution in [1.29, 1.82) is 0 Å². The Morgan fingerprint density at radius 2 is 1.84 bits per heavy atom. The quantitative estimate of drug-likeness (QED) is 0.439. The number of amides is 1. The van der Waals surface area contributed by atoms with E-state index < -0.39 is 0 Å². The van der Waals surface area contributed by atoms with Crippen LogP contribution in [0.25, 0.3) is 17.1 Å². The van der Waals surface area contributed by atoms with Crippen LogP contribution in [-0.4, -0.2) is 49.4 Å². The molecular weight excluding hydrogens is 453 g/mol. The Morgan fingerprint density at radius 3 is 2.55 bits per heavy atom. The Labute approximate surface area is 196 Å². The summed E-state index contributed by atoms with van der Waals surface area (Å²) in [6.45, 7) is 0. The van der Waals surface area contributed by atoms with E-state index in [4.69, 9.17) is 23.2 Å². The zero-order chi connectivity index (χ0) is 21.8. The van der Waals surface area contributed by atoms with Gasteiger partial charge in [-0.25, -0.2) is 0 Å². The molecule has 2 aromatic heterocycles. The molecule has 1 aliphatic carbocycles. The summed E-state index contributed by atoms with van der Waals surface area (Å²) in [4.78, 5) is 18.8. The first kappa shape index (κ1) is 22.1. The molecule has 1 amide bonds. The summed E-state index contributed by atoms with van der Waals surface area (Å²) in [5.41, 5.74) is 1.65. The van der Waals surface area contributed by atoms with Gasteiger partial charge in [-0.2, -0.15) is 0 Å². The summed E-state index contributed by atoms with van der Waals surface area (Å²) in [6, 6.07) is 9.46. The largest absolute Gasteiger partial charge is 0.342 e. The molecule has 6 nitrogen and oxygen atoms in total. The third-order valence-electron chi connectivity index (χ3n) is 5.57. The van der Waals surface area contributed by atoms with Crippen molar-refractivity contribution >= 4 is 40.9 Å². The predicted molar refractivity (Wildman–Crippen MR) is 125 cm³/mol. The van der Waals surface area contributed by atoms with Gasteiger partial charge in [0.05, 0.1) is 21.5 Å². The molecular formula is C22H23Cl2N5OS. The number of hydrogen-bond donors (Lipinski definition) is 0. The summed E-state index contributed by atoms with van der Waals surface area (Å²) in [5, 5.41) is 10.3. The fourth-order valence-corrected chi connectivity index (χ4v) is 4.98. The van der Waals surface area contributed by atoms with Crippen LogP contribution in [0.3, 0.4) is 0 Å². The molecule has 1 fully saturated rings. The lowest BCUT2D eigenvalue weighted by molar-refractivity contribution is -0.129. The number of nitrogens with zero attached hydrogens (tertiary/aromatic N) is 5. The Kier molecular flexibility index (Phi) is 7.15. The summed E-state index contributed by atoms with van der Waals surface area (Å²) in [6.07, 6.45) is 9.22. The first-order chi connectivity index (χ1) is 15.0. The van der Waals surface area contributed by atoms with Crippen LogP contribution in [0.15, 0.2) is 47.9 Å². The molecule has 1 saturated carbocycles. The first-order valence-corrected chi connectivity index (χ1v) is 12.0. The summed E-state index contributed by atoms with van der Waals surface area (Å²) in [5.74, 6) is 1.05. The summed E-state index contributed by atoms with van der Waals surface area (Å²) < 4.78 is 1.90. The maximum absolute atomic E-state index is 12.8. The zero-order valence-electron chi connectivity index (χ0n) is 17.2. The van der Waals surface area contributed by atoms with Crippen molar-refractivity contribution < 1.29 is 4.79 Å². The molecule has 0 saturated heterocycles. The van der Waals surface area contributed by atoms with E-state index in [2.05, 4.69) is 15.2 Å². The average molecular weight is 476 g/mol. The number of hydrogen-bond acceptors (Lipinski definition) is 5. The van der Waals surface area contributed by atoms with E-state index in [0.717, 1.165) is 24.1 Å². The number of aromatic nitrogens is 4. The normalized spacial score (nSPS) is 14.5. The fraction of sp³-hybridized carbons (Fsp3) is 0.364. The van der Waals surface area contributed by atoms with Gasteiger partial charge in [0.2, 0.25) is 5.91 Å². The van der Waals surface area contributed by atoms with Gasteiger partial charge in [-0.15, -0.1) is 10.2 Å². The molecule has 0 spiro atoms. The molecule has 0 unspecified atom stereocenters. The van der Waals surface area contributed by atoms with E-state index in [-0.39, 0.29) is 5.91 Å². The Morgan fingerprint density at radius 1 is 1.10 bits per heavy atom. The van der Waals surface area contributed by atoms with Crippen molar-refractivity contribution in [2.24, 2.45) is 0 Å². The van der Waals surface area contributed by atoms with Gasteiger partial charge in [0.15, 0.2) is 11.0 Å². The molecule has 1 aliphatic rings. The molecule has 4 rings (SSSR count). The van der Waals surface area contributed by atoms with Crippen LogP contribution in [0.5, 0.6) is 0 Å². The monoisotopic (exact) mass is 475 g/mol. The Bertz CT molecular complexity index is 1050. The molecule has 3 aromatic rings. The minimum absolute atomic E-state index is 0.103. The second kappa shape index (κ2) is 10.0. The Balaban J connectivity index is 1.60. The van der Waals surface area contributed by atoms with Crippen molar-refractivity contribution in [3.8, 4) is 17.1 Å². The second-order valence-electron chi connectivity index (χ2n) is 7.56. The molecule has 31 heavy (non-hydrogen) atoms.